The van der Waals surface area contributed by atoms with Crippen molar-refractivity contribution in [1.82, 2.24) is 10.2 Å². The lowest BCUT2D eigenvalue weighted by Crippen LogP contribution is -2.47. The van der Waals surface area contributed by atoms with Gasteiger partial charge in [0.25, 0.3) is 5.91 Å². The SMILES string of the molecule is NC(=O)CNC(=O)COC(=O)[C@@H]1CS[C@@]2(c3ccccc3)CCC(=O)N12. The number of amides is 3. The highest BCUT2D eigenvalue weighted by molar-refractivity contribution is 8.00. The number of carbonyl (C=O) groups is 4. The fourth-order valence-corrected chi connectivity index (χ4v) is 4.92. The number of nitrogens with one attached hydrogen (secondary N) is 1. The summed E-state index contributed by atoms with van der Waals surface area (Å²) in [7, 11) is 0. The average molecular weight is 377 g/mol. The molecule has 138 valence electrons. The Morgan fingerprint density at radius 3 is 2.73 bits per heavy atom. The van der Waals surface area contributed by atoms with Crippen LogP contribution in [0.25, 0.3) is 0 Å². The smallest absolute Gasteiger partial charge is 0.330 e. The van der Waals surface area contributed by atoms with Crippen molar-refractivity contribution in [3.63, 3.8) is 0 Å². The lowest BCUT2D eigenvalue weighted by Gasteiger charge is -2.33. The zero-order valence-electron chi connectivity index (χ0n) is 14.0. The van der Waals surface area contributed by atoms with E-state index in [4.69, 9.17) is 10.5 Å². The summed E-state index contributed by atoms with van der Waals surface area (Å²) in [4.78, 5) is 48.1. The summed E-state index contributed by atoms with van der Waals surface area (Å²) in [6, 6.07) is 8.87. The van der Waals surface area contributed by atoms with Gasteiger partial charge in [0, 0.05) is 12.2 Å². The van der Waals surface area contributed by atoms with Crippen LogP contribution in [0.15, 0.2) is 30.3 Å². The lowest BCUT2D eigenvalue weighted by molar-refractivity contribution is -0.156. The maximum atomic E-state index is 12.4. The number of hydrogen-bond donors (Lipinski definition) is 2. The summed E-state index contributed by atoms with van der Waals surface area (Å²) < 4.78 is 5.05. The van der Waals surface area contributed by atoms with Gasteiger partial charge in [0.15, 0.2) is 6.61 Å². The minimum Gasteiger partial charge on any atom is -0.454 e. The summed E-state index contributed by atoms with van der Waals surface area (Å²) in [6.45, 7) is -0.842. The molecule has 1 aromatic carbocycles. The molecule has 0 bridgehead atoms. The van der Waals surface area contributed by atoms with Crippen LogP contribution in [-0.2, 0) is 28.8 Å². The van der Waals surface area contributed by atoms with Crippen molar-refractivity contribution >= 4 is 35.5 Å². The number of nitrogens with two attached hydrogens (primary N) is 1. The van der Waals surface area contributed by atoms with Crippen LogP contribution in [0.5, 0.6) is 0 Å². The molecule has 0 spiro atoms. The molecule has 3 amide bonds. The van der Waals surface area contributed by atoms with Gasteiger partial charge in [-0.1, -0.05) is 30.3 Å². The number of thioether (sulfide) groups is 1. The highest BCUT2D eigenvalue weighted by Gasteiger charge is 2.57. The van der Waals surface area contributed by atoms with Crippen molar-refractivity contribution in [3.8, 4) is 0 Å². The molecule has 2 saturated heterocycles. The van der Waals surface area contributed by atoms with Crippen LogP contribution < -0.4 is 11.1 Å². The molecule has 2 heterocycles. The van der Waals surface area contributed by atoms with E-state index < -0.39 is 35.3 Å². The van der Waals surface area contributed by atoms with Crippen molar-refractivity contribution in [2.24, 2.45) is 5.73 Å². The lowest BCUT2D eigenvalue weighted by atomic mass is 10.0. The molecular formula is C17H19N3O5S. The Hall–Kier alpha value is -2.55. The van der Waals surface area contributed by atoms with Crippen LogP contribution in [0.4, 0.5) is 0 Å². The van der Waals surface area contributed by atoms with Gasteiger partial charge in [-0.3, -0.25) is 14.4 Å². The number of rotatable bonds is 6. The van der Waals surface area contributed by atoms with Gasteiger partial charge in [0.1, 0.15) is 10.9 Å². The monoisotopic (exact) mass is 377 g/mol. The number of hydrogen-bond acceptors (Lipinski definition) is 6. The first-order valence-electron chi connectivity index (χ1n) is 8.17. The molecule has 2 atom stereocenters. The molecule has 3 N–H and O–H groups in total. The number of ether oxygens (including phenoxy) is 1. The molecule has 0 radical (unpaired) electrons. The Labute approximate surface area is 154 Å². The Bertz CT molecular complexity index is 741. The van der Waals surface area contributed by atoms with Crippen LogP contribution in [0.1, 0.15) is 18.4 Å². The Morgan fingerprint density at radius 1 is 1.31 bits per heavy atom. The molecule has 0 aromatic heterocycles. The van der Waals surface area contributed by atoms with Crippen molar-refractivity contribution in [3.05, 3.63) is 35.9 Å². The first kappa shape index (κ1) is 18.2. The number of carbonyl (C=O) groups excluding carboxylic acids is 4. The third-order valence-electron chi connectivity index (χ3n) is 4.43. The zero-order valence-corrected chi connectivity index (χ0v) is 14.8. The van der Waals surface area contributed by atoms with Gasteiger partial charge in [-0.2, -0.15) is 0 Å². The van der Waals surface area contributed by atoms with E-state index in [9.17, 15) is 19.2 Å². The number of benzene rings is 1. The molecule has 2 fully saturated rings. The molecular weight excluding hydrogens is 358 g/mol. The van der Waals surface area contributed by atoms with E-state index >= 15 is 0 Å². The Morgan fingerprint density at radius 2 is 2.04 bits per heavy atom. The van der Waals surface area contributed by atoms with Crippen LogP contribution >= 0.6 is 11.8 Å². The molecule has 3 rings (SSSR count). The van der Waals surface area contributed by atoms with Gasteiger partial charge in [-0.15, -0.1) is 11.8 Å². The van der Waals surface area contributed by atoms with Crippen molar-refractivity contribution in [1.29, 1.82) is 0 Å². The molecule has 1 aromatic rings. The summed E-state index contributed by atoms with van der Waals surface area (Å²) in [5.74, 6) is -1.63. The quantitative estimate of drug-likeness (QED) is 0.658. The summed E-state index contributed by atoms with van der Waals surface area (Å²) in [5.41, 5.74) is 5.91. The summed E-state index contributed by atoms with van der Waals surface area (Å²) in [5, 5.41) is 2.24. The van der Waals surface area contributed by atoms with Gasteiger partial charge in [-0.05, 0) is 12.0 Å². The largest absolute Gasteiger partial charge is 0.454 e. The fourth-order valence-electron chi connectivity index (χ4n) is 3.29. The van der Waals surface area contributed by atoms with E-state index in [1.165, 1.54) is 0 Å². The van der Waals surface area contributed by atoms with Crippen LogP contribution in [-0.4, -0.2) is 53.5 Å². The van der Waals surface area contributed by atoms with Crippen molar-refractivity contribution < 1.29 is 23.9 Å². The molecule has 8 nitrogen and oxygen atoms in total. The first-order valence-corrected chi connectivity index (χ1v) is 9.16. The second-order valence-corrected chi connectivity index (χ2v) is 7.39. The van der Waals surface area contributed by atoms with Crippen LogP contribution in [0, 0.1) is 0 Å². The minimum atomic E-state index is -0.737. The third-order valence-corrected chi connectivity index (χ3v) is 6.03. The van der Waals surface area contributed by atoms with Gasteiger partial charge in [0.05, 0.1) is 6.54 Å². The molecule has 0 unspecified atom stereocenters. The van der Waals surface area contributed by atoms with E-state index in [1.54, 1.807) is 16.7 Å². The Balaban J connectivity index is 1.68. The summed E-state index contributed by atoms with van der Waals surface area (Å²) in [6.07, 6.45) is 0.994. The number of primary amides is 1. The molecule has 9 heteroatoms. The maximum absolute atomic E-state index is 12.4. The van der Waals surface area contributed by atoms with Gasteiger partial charge in [0.2, 0.25) is 11.8 Å². The second kappa shape index (κ2) is 7.36. The molecule has 26 heavy (non-hydrogen) atoms. The molecule has 0 saturated carbocycles. The first-order chi connectivity index (χ1) is 12.4. The standard InChI is InChI=1S/C17H19N3O5S/c18-13(21)8-19-14(22)9-25-16(24)12-10-26-17(7-6-15(23)20(12)17)11-4-2-1-3-5-11/h1-5,12H,6-10H2,(H2,18,21)(H,19,22)/t12-,17+/m0/s1. The van der Waals surface area contributed by atoms with E-state index in [0.29, 0.717) is 18.6 Å². The number of esters is 1. The molecule has 0 aliphatic carbocycles. The predicted octanol–water partition coefficient (Wildman–Crippen LogP) is -0.278. The summed E-state index contributed by atoms with van der Waals surface area (Å²) >= 11 is 1.54. The molecule has 2 aliphatic heterocycles. The topological polar surface area (TPSA) is 119 Å². The average Bonchev–Trinajstić information content (AvgIpc) is 3.18. The van der Waals surface area contributed by atoms with Crippen molar-refractivity contribution in [2.75, 3.05) is 18.9 Å². The predicted molar refractivity (Wildman–Crippen MR) is 93.6 cm³/mol. The highest BCUT2D eigenvalue weighted by Crippen LogP contribution is 2.54. The third kappa shape index (κ3) is 3.39. The van der Waals surface area contributed by atoms with Gasteiger partial charge >= 0.3 is 5.97 Å². The zero-order chi connectivity index (χ0) is 18.7. The van der Waals surface area contributed by atoms with E-state index in [2.05, 4.69) is 5.32 Å². The van der Waals surface area contributed by atoms with E-state index in [1.807, 2.05) is 30.3 Å². The minimum absolute atomic E-state index is 0.0982. The maximum Gasteiger partial charge on any atom is 0.330 e. The van der Waals surface area contributed by atoms with Gasteiger partial charge < -0.3 is 20.7 Å². The molecule has 2 aliphatic rings. The van der Waals surface area contributed by atoms with E-state index in [0.717, 1.165) is 5.56 Å². The normalized spacial score (nSPS) is 24.2. The number of nitrogens with zero attached hydrogens (tertiary/aromatic N) is 1. The fraction of sp³-hybridized carbons (Fsp3) is 0.412. The van der Waals surface area contributed by atoms with Crippen LogP contribution in [0.2, 0.25) is 0 Å². The highest BCUT2D eigenvalue weighted by atomic mass is 32.2. The van der Waals surface area contributed by atoms with E-state index in [-0.39, 0.29) is 12.5 Å². The number of fused-ring (bicyclic) bond motifs is 1. The Kier molecular flexibility index (Phi) is 5.17. The van der Waals surface area contributed by atoms with Crippen molar-refractivity contribution in [2.45, 2.75) is 23.8 Å². The van der Waals surface area contributed by atoms with Gasteiger partial charge in [-0.25, -0.2) is 4.79 Å². The second-order valence-electron chi connectivity index (χ2n) is 6.09. The van der Waals surface area contributed by atoms with Crippen LogP contribution in [0.3, 0.4) is 0 Å².